The first-order chi connectivity index (χ1) is 12.7. The second-order valence-electron chi connectivity index (χ2n) is 5.55. The number of urea groups is 1. The lowest BCUT2D eigenvalue weighted by atomic mass is 10.1. The summed E-state index contributed by atoms with van der Waals surface area (Å²) in [7, 11) is 1.37. The van der Waals surface area contributed by atoms with Crippen molar-refractivity contribution in [1.82, 2.24) is 15.1 Å². The van der Waals surface area contributed by atoms with Crippen LogP contribution in [0.4, 0.5) is 10.6 Å². The van der Waals surface area contributed by atoms with Crippen molar-refractivity contribution >= 4 is 17.8 Å². The Kier molecular flexibility index (Phi) is 4.92. The minimum absolute atomic E-state index is 0.0717. The maximum absolute atomic E-state index is 12.5. The SMILES string of the molecule is COC(=C=O)CN1CCN(c2ccc(-c3ccc(C#N)cc3)nn2)C1=O. The van der Waals surface area contributed by atoms with Crippen LogP contribution in [0, 0.1) is 11.3 Å². The Hall–Kier alpha value is -3.69. The van der Waals surface area contributed by atoms with E-state index in [1.807, 2.05) is 0 Å². The van der Waals surface area contributed by atoms with Gasteiger partial charge in [-0.1, -0.05) is 12.1 Å². The van der Waals surface area contributed by atoms with Gasteiger partial charge in [0, 0.05) is 18.7 Å². The van der Waals surface area contributed by atoms with Gasteiger partial charge in [-0.3, -0.25) is 4.90 Å². The van der Waals surface area contributed by atoms with E-state index >= 15 is 0 Å². The molecule has 1 aliphatic rings. The minimum atomic E-state index is -0.268. The first kappa shape index (κ1) is 17.1. The number of aromatic nitrogens is 2. The Labute approximate surface area is 149 Å². The van der Waals surface area contributed by atoms with Gasteiger partial charge in [0.2, 0.25) is 0 Å². The summed E-state index contributed by atoms with van der Waals surface area (Å²) < 4.78 is 4.86. The maximum atomic E-state index is 12.5. The van der Waals surface area contributed by atoms with Crippen LogP contribution < -0.4 is 4.90 Å². The average Bonchev–Trinajstić information content (AvgIpc) is 3.06. The summed E-state index contributed by atoms with van der Waals surface area (Å²) in [6, 6.07) is 12.3. The fourth-order valence-electron chi connectivity index (χ4n) is 2.59. The summed E-state index contributed by atoms with van der Waals surface area (Å²) in [4.78, 5) is 26.1. The van der Waals surface area contributed by atoms with Gasteiger partial charge >= 0.3 is 6.03 Å². The highest BCUT2D eigenvalue weighted by Gasteiger charge is 2.31. The predicted molar refractivity (Wildman–Crippen MR) is 92.7 cm³/mol. The Morgan fingerprint density at radius 2 is 1.96 bits per heavy atom. The van der Waals surface area contributed by atoms with Crippen LogP contribution in [0.5, 0.6) is 0 Å². The summed E-state index contributed by atoms with van der Waals surface area (Å²) in [5.74, 6) is 2.18. The van der Waals surface area contributed by atoms with Crippen molar-refractivity contribution in [3.05, 3.63) is 47.7 Å². The second kappa shape index (κ2) is 7.47. The van der Waals surface area contributed by atoms with Crippen molar-refractivity contribution in [2.75, 3.05) is 31.6 Å². The van der Waals surface area contributed by atoms with E-state index in [0.29, 0.717) is 30.2 Å². The van der Waals surface area contributed by atoms with Crippen molar-refractivity contribution in [1.29, 1.82) is 5.26 Å². The lowest BCUT2D eigenvalue weighted by Crippen LogP contribution is -2.33. The Morgan fingerprint density at radius 3 is 2.54 bits per heavy atom. The summed E-state index contributed by atoms with van der Waals surface area (Å²) >= 11 is 0. The third-order valence-corrected chi connectivity index (χ3v) is 4.03. The molecule has 0 aliphatic carbocycles. The Bertz CT molecular complexity index is 896. The van der Waals surface area contributed by atoms with Crippen molar-refractivity contribution < 1.29 is 14.3 Å². The van der Waals surface area contributed by atoms with Crippen molar-refractivity contribution in [2.24, 2.45) is 0 Å². The molecule has 2 amide bonds. The molecule has 8 nitrogen and oxygen atoms in total. The second-order valence-corrected chi connectivity index (χ2v) is 5.55. The van der Waals surface area contributed by atoms with Gasteiger partial charge in [0.1, 0.15) is 0 Å². The van der Waals surface area contributed by atoms with Crippen LogP contribution in [0.3, 0.4) is 0 Å². The zero-order valence-electron chi connectivity index (χ0n) is 14.0. The molecule has 130 valence electrons. The van der Waals surface area contributed by atoms with E-state index in [1.165, 1.54) is 16.9 Å². The summed E-state index contributed by atoms with van der Waals surface area (Å²) in [5, 5.41) is 17.1. The van der Waals surface area contributed by atoms with Gasteiger partial charge in [-0.15, -0.1) is 10.2 Å². The summed E-state index contributed by atoms with van der Waals surface area (Å²) in [6.07, 6.45) is 0. The topological polar surface area (TPSA) is 99.4 Å². The number of nitrogens with zero attached hydrogens (tertiary/aromatic N) is 5. The molecular formula is C18H15N5O3. The van der Waals surface area contributed by atoms with Crippen LogP contribution >= 0.6 is 0 Å². The van der Waals surface area contributed by atoms with E-state index in [0.717, 1.165) is 5.56 Å². The van der Waals surface area contributed by atoms with Crippen LogP contribution in [-0.2, 0) is 9.53 Å². The highest BCUT2D eigenvalue weighted by molar-refractivity contribution is 5.93. The molecule has 3 rings (SSSR count). The molecule has 0 N–H and O–H groups in total. The maximum Gasteiger partial charge on any atom is 0.326 e. The number of carbonyl (C=O) groups excluding carboxylic acids is 2. The van der Waals surface area contributed by atoms with Gasteiger partial charge in [0.25, 0.3) is 0 Å². The van der Waals surface area contributed by atoms with Gasteiger partial charge in [0.05, 0.1) is 31.0 Å². The molecule has 0 radical (unpaired) electrons. The molecule has 0 spiro atoms. The van der Waals surface area contributed by atoms with Gasteiger partial charge in [0.15, 0.2) is 17.5 Å². The highest BCUT2D eigenvalue weighted by atomic mass is 16.5. The van der Waals surface area contributed by atoms with Crippen molar-refractivity contribution in [3.8, 4) is 17.3 Å². The molecule has 0 saturated carbocycles. The number of hydrogen-bond acceptors (Lipinski definition) is 6. The third-order valence-electron chi connectivity index (χ3n) is 4.03. The Balaban J connectivity index is 1.73. The van der Waals surface area contributed by atoms with Crippen LogP contribution in [0.2, 0.25) is 0 Å². The number of rotatable bonds is 5. The molecule has 2 aromatic rings. The van der Waals surface area contributed by atoms with Gasteiger partial charge < -0.3 is 9.64 Å². The molecule has 1 aromatic carbocycles. The van der Waals surface area contributed by atoms with Crippen LogP contribution in [0.15, 0.2) is 42.2 Å². The van der Waals surface area contributed by atoms with Gasteiger partial charge in [-0.2, -0.15) is 5.26 Å². The van der Waals surface area contributed by atoms with Gasteiger partial charge in [-0.25, -0.2) is 9.59 Å². The number of nitriles is 1. The zero-order valence-corrected chi connectivity index (χ0v) is 14.0. The summed E-state index contributed by atoms with van der Waals surface area (Å²) in [6.45, 7) is 0.970. The fourth-order valence-corrected chi connectivity index (χ4v) is 2.59. The largest absolute Gasteiger partial charge is 0.488 e. The molecule has 1 fully saturated rings. The molecule has 26 heavy (non-hydrogen) atoms. The molecule has 2 heterocycles. The molecule has 0 atom stereocenters. The van der Waals surface area contributed by atoms with E-state index in [2.05, 4.69) is 16.3 Å². The lowest BCUT2D eigenvalue weighted by molar-refractivity contribution is 0.208. The number of ether oxygens (including phenoxy) is 1. The molecule has 1 aromatic heterocycles. The monoisotopic (exact) mass is 349 g/mol. The number of hydrogen-bond donors (Lipinski definition) is 0. The number of amides is 2. The molecule has 0 bridgehead atoms. The number of benzene rings is 1. The standard InChI is InChI=1S/C18H15N5O3/c1-26-15(12-24)11-22-8-9-23(18(22)25)17-7-6-16(20-21-17)14-4-2-13(10-19)3-5-14/h2-7H,8-9,11H2,1H3. The van der Waals surface area contributed by atoms with E-state index in [9.17, 15) is 9.59 Å². The number of methoxy groups -OCH3 is 1. The normalized spacial score (nSPS) is 13.3. The minimum Gasteiger partial charge on any atom is -0.488 e. The molecule has 8 heteroatoms. The Morgan fingerprint density at radius 1 is 1.19 bits per heavy atom. The molecule has 0 unspecified atom stereocenters. The van der Waals surface area contributed by atoms with Crippen LogP contribution in [-0.4, -0.2) is 53.8 Å². The fraction of sp³-hybridized carbons (Fsp3) is 0.222. The highest BCUT2D eigenvalue weighted by Crippen LogP contribution is 2.22. The first-order valence-electron chi connectivity index (χ1n) is 7.85. The average molecular weight is 349 g/mol. The van der Waals surface area contributed by atoms with Gasteiger partial charge in [-0.05, 0) is 24.3 Å². The van der Waals surface area contributed by atoms with Crippen LogP contribution in [0.25, 0.3) is 11.3 Å². The number of anilines is 1. The zero-order chi connectivity index (χ0) is 18.5. The molecular weight excluding hydrogens is 334 g/mol. The quantitative estimate of drug-likeness (QED) is 0.601. The van der Waals surface area contributed by atoms with E-state index in [1.54, 1.807) is 42.3 Å². The number of carbonyl (C=O) groups is 1. The predicted octanol–water partition coefficient (Wildman–Crippen LogP) is 1.62. The van der Waals surface area contributed by atoms with Crippen molar-refractivity contribution in [3.63, 3.8) is 0 Å². The van der Waals surface area contributed by atoms with Crippen LogP contribution in [0.1, 0.15) is 5.56 Å². The smallest absolute Gasteiger partial charge is 0.326 e. The molecule has 1 aliphatic heterocycles. The summed E-state index contributed by atoms with van der Waals surface area (Å²) in [5.41, 5.74) is 2.05. The van der Waals surface area contributed by atoms with E-state index in [-0.39, 0.29) is 18.3 Å². The molecule has 1 saturated heterocycles. The van der Waals surface area contributed by atoms with Crippen molar-refractivity contribution in [2.45, 2.75) is 0 Å². The third kappa shape index (κ3) is 3.38. The van der Waals surface area contributed by atoms with E-state index in [4.69, 9.17) is 10.00 Å². The lowest BCUT2D eigenvalue weighted by Gasteiger charge is -2.17. The first-order valence-corrected chi connectivity index (χ1v) is 7.85. The van der Waals surface area contributed by atoms with E-state index < -0.39 is 0 Å².